The summed E-state index contributed by atoms with van der Waals surface area (Å²) in [5, 5.41) is 11.8. The van der Waals surface area contributed by atoms with Crippen LogP contribution in [0.15, 0.2) is 48.5 Å². The maximum Gasteiger partial charge on any atom is 0.387 e. The third kappa shape index (κ3) is 5.96. The van der Waals surface area contributed by atoms with Crippen molar-refractivity contribution in [1.29, 1.82) is 0 Å². The molecule has 0 aliphatic carbocycles. The Morgan fingerprint density at radius 2 is 1.79 bits per heavy atom. The molecule has 0 unspecified atom stereocenters. The van der Waals surface area contributed by atoms with E-state index >= 15 is 0 Å². The zero-order valence-electron chi connectivity index (χ0n) is 13.0. The first kappa shape index (κ1) is 17.9. The topological polar surface area (TPSA) is 58.6 Å². The first-order valence-corrected chi connectivity index (χ1v) is 7.56. The van der Waals surface area contributed by atoms with Gasteiger partial charge in [-0.25, -0.2) is 0 Å². The summed E-state index contributed by atoms with van der Waals surface area (Å²) in [5.41, 5.74) is 2.51. The number of hydrogen-bond donors (Lipinski definition) is 2. The normalized spacial score (nSPS) is 10.7. The highest BCUT2D eigenvalue weighted by Crippen LogP contribution is 2.16. The van der Waals surface area contributed by atoms with Crippen LogP contribution in [-0.2, 0) is 24.2 Å². The summed E-state index contributed by atoms with van der Waals surface area (Å²) in [6, 6.07) is 13.6. The van der Waals surface area contributed by atoms with E-state index in [1.54, 1.807) is 12.1 Å². The number of alkyl halides is 2. The molecule has 0 aromatic heterocycles. The Hall–Kier alpha value is -2.47. The van der Waals surface area contributed by atoms with Crippen molar-refractivity contribution in [2.75, 3.05) is 6.54 Å². The predicted octanol–water partition coefficient (Wildman–Crippen LogP) is 2.68. The van der Waals surface area contributed by atoms with Crippen molar-refractivity contribution < 1.29 is 23.4 Å². The van der Waals surface area contributed by atoms with Gasteiger partial charge in [0.05, 0.1) is 13.0 Å². The minimum Gasteiger partial charge on any atom is -0.435 e. The van der Waals surface area contributed by atoms with Crippen molar-refractivity contribution in [3.8, 4) is 5.75 Å². The number of amides is 1. The van der Waals surface area contributed by atoms with Crippen LogP contribution in [-0.4, -0.2) is 24.2 Å². The van der Waals surface area contributed by atoms with E-state index in [9.17, 15) is 13.6 Å². The summed E-state index contributed by atoms with van der Waals surface area (Å²) < 4.78 is 28.7. The molecule has 0 spiro atoms. The maximum atomic E-state index is 12.2. The highest BCUT2D eigenvalue weighted by atomic mass is 19.3. The number of aliphatic hydroxyl groups excluding tert-OH is 1. The van der Waals surface area contributed by atoms with Gasteiger partial charge in [-0.05, 0) is 35.2 Å². The molecule has 0 heterocycles. The van der Waals surface area contributed by atoms with E-state index in [-0.39, 0.29) is 24.7 Å². The number of halogens is 2. The Morgan fingerprint density at radius 3 is 2.46 bits per heavy atom. The van der Waals surface area contributed by atoms with Crippen LogP contribution in [0, 0.1) is 0 Å². The van der Waals surface area contributed by atoms with E-state index in [0.29, 0.717) is 18.5 Å². The van der Waals surface area contributed by atoms with E-state index in [2.05, 4.69) is 10.1 Å². The number of carbonyl (C=O) groups is 1. The summed E-state index contributed by atoms with van der Waals surface area (Å²) in [7, 11) is 0. The Bertz CT molecular complexity index is 660. The van der Waals surface area contributed by atoms with Gasteiger partial charge in [-0.15, -0.1) is 0 Å². The second-order valence-electron chi connectivity index (χ2n) is 5.28. The summed E-state index contributed by atoms with van der Waals surface area (Å²) in [6.45, 7) is -2.40. The lowest BCUT2D eigenvalue weighted by Gasteiger charge is -2.08. The molecule has 2 rings (SSSR count). The SMILES string of the molecule is O=C(Cc1cccc(OC(F)F)c1)NCCc1ccc(CO)cc1. The molecular weight excluding hydrogens is 316 g/mol. The van der Waals surface area contributed by atoms with Crippen molar-refractivity contribution in [3.05, 3.63) is 65.2 Å². The fourth-order valence-corrected chi connectivity index (χ4v) is 2.24. The third-order valence-electron chi connectivity index (χ3n) is 3.43. The number of nitrogens with one attached hydrogen (secondary N) is 1. The Balaban J connectivity index is 1.78. The van der Waals surface area contributed by atoms with Crippen LogP contribution in [0.25, 0.3) is 0 Å². The number of ether oxygens (including phenoxy) is 1. The third-order valence-corrected chi connectivity index (χ3v) is 3.43. The monoisotopic (exact) mass is 335 g/mol. The smallest absolute Gasteiger partial charge is 0.387 e. The summed E-state index contributed by atoms with van der Waals surface area (Å²) in [6.07, 6.45) is 0.774. The van der Waals surface area contributed by atoms with Gasteiger partial charge in [-0.1, -0.05) is 36.4 Å². The van der Waals surface area contributed by atoms with E-state index < -0.39 is 6.61 Å². The van der Waals surface area contributed by atoms with E-state index in [1.165, 1.54) is 12.1 Å². The highest BCUT2D eigenvalue weighted by molar-refractivity contribution is 5.78. The first-order valence-electron chi connectivity index (χ1n) is 7.56. The molecule has 0 bridgehead atoms. The van der Waals surface area contributed by atoms with Gasteiger partial charge in [0.1, 0.15) is 5.75 Å². The van der Waals surface area contributed by atoms with Crippen LogP contribution in [0.1, 0.15) is 16.7 Å². The second kappa shape index (κ2) is 8.98. The lowest BCUT2D eigenvalue weighted by atomic mass is 10.1. The van der Waals surface area contributed by atoms with Crippen LogP contribution >= 0.6 is 0 Å². The predicted molar refractivity (Wildman–Crippen MR) is 85.9 cm³/mol. The largest absolute Gasteiger partial charge is 0.435 e. The van der Waals surface area contributed by atoms with Gasteiger partial charge in [0.25, 0.3) is 0 Å². The van der Waals surface area contributed by atoms with Crippen LogP contribution < -0.4 is 10.1 Å². The minimum absolute atomic E-state index is 0.00531. The zero-order chi connectivity index (χ0) is 17.4. The van der Waals surface area contributed by atoms with Crippen molar-refractivity contribution in [2.45, 2.75) is 26.1 Å². The standard InChI is InChI=1S/C18H19F2NO3/c19-18(20)24-16-3-1-2-15(10-16)11-17(23)21-9-8-13-4-6-14(12-22)7-5-13/h1-7,10,18,22H,8-9,11-12H2,(H,21,23). The van der Waals surface area contributed by atoms with E-state index in [4.69, 9.17) is 5.11 Å². The van der Waals surface area contributed by atoms with Crippen LogP contribution in [0.4, 0.5) is 8.78 Å². The van der Waals surface area contributed by atoms with Crippen molar-refractivity contribution >= 4 is 5.91 Å². The van der Waals surface area contributed by atoms with Crippen LogP contribution in [0.5, 0.6) is 5.75 Å². The molecule has 128 valence electrons. The molecule has 0 aliphatic rings. The Kier molecular flexibility index (Phi) is 6.69. The van der Waals surface area contributed by atoms with E-state index in [0.717, 1.165) is 11.1 Å². The number of hydrogen-bond acceptors (Lipinski definition) is 3. The summed E-state index contributed by atoms with van der Waals surface area (Å²) >= 11 is 0. The molecule has 0 fully saturated rings. The molecule has 4 nitrogen and oxygen atoms in total. The quantitative estimate of drug-likeness (QED) is 0.780. The van der Waals surface area contributed by atoms with Gasteiger partial charge < -0.3 is 15.2 Å². The minimum atomic E-state index is -2.88. The van der Waals surface area contributed by atoms with Gasteiger partial charge in [0.15, 0.2) is 0 Å². The molecule has 2 aromatic rings. The fourth-order valence-electron chi connectivity index (χ4n) is 2.24. The van der Waals surface area contributed by atoms with Crippen molar-refractivity contribution in [3.63, 3.8) is 0 Å². The average Bonchev–Trinajstić information content (AvgIpc) is 2.55. The lowest BCUT2D eigenvalue weighted by Crippen LogP contribution is -2.27. The van der Waals surface area contributed by atoms with Gasteiger partial charge >= 0.3 is 6.61 Å². The van der Waals surface area contributed by atoms with Crippen LogP contribution in [0.3, 0.4) is 0 Å². The maximum absolute atomic E-state index is 12.2. The lowest BCUT2D eigenvalue weighted by molar-refractivity contribution is -0.120. The number of benzene rings is 2. The van der Waals surface area contributed by atoms with Gasteiger partial charge in [0, 0.05) is 6.54 Å². The fraction of sp³-hybridized carbons (Fsp3) is 0.278. The molecular formula is C18H19F2NO3. The molecule has 6 heteroatoms. The van der Waals surface area contributed by atoms with Crippen LogP contribution in [0.2, 0.25) is 0 Å². The highest BCUT2D eigenvalue weighted by Gasteiger charge is 2.07. The first-order chi connectivity index (χ1) is 11.6. The number of carbonyl (C=O) groups excluding carboxylic acids is 1. The molecule has 0 saturated carbocycles. The average molecular weight is 335 g/mol. The summed E-state index contributed by atoms with van der Waals surface area (Å²) in [4.78, 5) is 11.9. The van der Waals surface area contributed by atoms with Gasteiger partial charge in [-0.3, -0.25) is 4.79 Å². The Labute approximate surface area is 139 Å². The second-order valence-corrected chi connectivity index (χ2v) is 5.28. The number of aliphatic hydroxyl groups is 1. The van der Waals surface area contributed by atoms with E-state index in [1.807, 2.05) is 24.3 Å². The summed E-state index contributed by atoms with van der Waals surface area (Å²) in [5.74, 6) is -0.143. The zero-order valence-corrected chi connectivity index (χ0v) is 13.0. The number of rotatable bonds is 8. The molecule has 2 N–H and O–H groups in total. The van der Waals surface area contributed by atoms with Crippen molar-refractivity contribution in [1.82, 2.24) is 5.32 Å². The van der Waals surface area contributed by atoms with Gasteiger partial charge in [-0.2, -0.15) is 8.78 Å². The molecule has 24 heavy (non-hydrogen) atoms. The molecule has 0 aliphatic heterocycles. The molecule has 0 atom stereocenters. The van der Waals surface area contributed by atoms with Gasteiger partial charge in [0.2, 0.25) is 5.91 Å². The Morgan fingerprint density at radius 1 is 1.08 bits per heavy atom. The molecule has 0 saturated heterocycles. The molecule has 2 aromatic carbocycles. The van der Waals surface area contributed by atoms with Crippen molar-refractivity contribution in [2.24, 2.45) is 0 Å². The molecule has 0 radical (unpaired) electrons. The molecule has 1 amide bonds.